The molecule has 0 spiro atoms. The van der Waals surface area contributed by atoms with Gasteiger partial charge >= 0.3 is 0 Å². The molecule has 0 unspecified atom stereocenters. The molecule has 0 aliphatic heterocycles. The van der Waals surface area contributed by atoms with Crippen molar-refractivity contribution in [2.24, 2.45) is 0 Å². The summed E-state index contributed by atoms with van der Waals surface area (Å²) < 4.78 is 27.2. The number of hydrogen-bond acceptors (Lipinski definition) is 4. The van der Waals surface area contributed by atoms with Crippen LogP contribution in [0.4, 0.5) is 0 Å². The van der Waals surface area contributed by atoms with E-state index in [2.05, 4.69) is 10.9 Å². The van der Waals surface area contributed by atoms with Crippen molar-refractivity contribution >= 4 is 21.4 Å². The molecule has 0 aliphatic carbocycles. The largest absolute Gasteiger partial charge is 0.244 e. The Morgan fingerprint density at radius 1 is 1.08 bits per heavy atom. The van der Waals surface area contributed by atoms with Crippen LogP contribution in [0.5, 0.6) is 0 Å². The van der Waals surface area contributed by atoms with Crippen LogP contribution >= 0.6 is 11.3 Å². The first kappa shape index (κ1) is 18.3. The van der Waals surface area contributed by atoms with Crippen molar-refractivity contribution in [3.63, 3.8) is 0 Å². The molecule has 0 bridgehead atoms. The molecule has 4 nitrogen and oxygen atoms in total. The van der Waals surface area contributed by atoms with Gasteiger partial charge in [-0.05, 0) is 19.1 Å². The predicted octanol–water partition coefficient (Wildman–Crippen LogP) is 3.94. The molecule has 0 aliphatic rings. The van der Waals surface area contributed by atoms with E-state index >= 15 is 0 Å². The average molecular weight is 383 g/mol. The van der Waals surface area contributed by atoms with Crippen LogP contribution in [0.25, 0.3) is 10.6 Å². The molecule has 0 amide bonds. The maximum atomic E-state index is 12.9. The summed E-state index contributed by atoms with van der Waals surface area (Å²) in [6.07, 6.45) is 5.42. The highest BCUT2D eigenvalue weighted by Gasteiger charge is 2.25. The lowest BCUT2D eigenvalue weighted by molar-refractivity contribution is 0.445. The normalized spacial score (nSPS) is 11.4. The van der Waals surface area contributed by atoms with Crippen LogP contribution in [-0.2, 0) is 16.6 Å². The molecule has 0 saturated carbocycles. The highest BCUT2D eigenvalue weighted by atomic mass is 32.2. The van der Waals surface area contributed by atoms with Gasteiger partial charge in [0.15, 0.2) is 0 Å². The highest BCUT2D eigenvalue weighted by Crippen LogP contribution is 2.29. The van der Waals surface area contributed by atoms with Gasteiger partial charge in [0.1, 0.15) is 5.01 Å². The van der Waals surface area contributed by atoms with E-state index < -0.39 is 10.0 Å². The number of aromatic nitrogens is 1. The third kappa shape index (κ3) is 3.86. The quantitative estimate of drug-likeness (QED) is 0.607. The molecule has 132 valence electrons. The number of rotatable bonds is 6. The Balaban J connectivity index is 1.92. The Bertz CT molecular complexity index is 1020. The van der Waals surface area contributed by atoms with Gasteiger partial charge in [0.05, 0.1) is 23.7 Å². The second kappa shape index (κ2) is 7.83. The summed E-state index contributed by atoms with van der Waals surface area (Å²) in [5, 5.41) is 0.871. The van der Waals surface area contributed by atoms with Gasteiger partial charge in [0.2, 0.25) is 10.0 Å². The van der Waals surface area contributed by atoms with Crippen LogP contribution in [0, 0.1) is 19.3 Å². The van der Waals surface area contributed by atoms with Gasteiger partial charge in [0, 0.05) is 10.4 Å². The minimum atomic E-state index is -3.66. The average Bonchev–Trinajstić information content (AvgIpc) is 3.03. The summed E-state index contributed by atoms with van der Waals surface area (Å²) in [5.74, 6) is 2.45. The van der Waals surface area contributed by atoms with Crippen LogP contribution in [-0.4, -0.2) is 24.3 Å². The van der Waals surface area contributed by atoms with E-state index in [1.807, 2.05) is 37.3 Å². The molecule has 3 rings (SSSR count). The molecule has 0 atom stereocenters. The topological polar surface area (TPSA) is 50.3 Å². The first-order valence-electron chi connectivity index (χ1n) is 8.03. The zero-order chi connectivity index (χ0) is 18.6. The van der Waals surface area contributed by atoms with Gasteiger partial charge in [-0.15, -0.1) is 17.8 Å². The standard InChI is InChI=1S/C20H18N2O2S2/c1-3-14-22(26(23,24)18-12-8-5-9-13-18)15-19-16(2)21-20(25-19)17-10-6-4-7-11-17/h1,4-13H,14-15H2,2H3. The SMILES string of the molecule is C#CCN(Cc1sc(-c2ccccc2)nc1C)S(=O)(=O)c1ccccc1. The summed E-state index contributed by atoms with van der Waals surface area (Å²) in [6, 6.07) is 18.2. The maximum absolute atomic E-state index is 12.9. The van der Waals surface area contributed by atoms with Crippen LogP contribution in [0.3, 0.4) is 0 Å². The van der Waals surface area contributed by atoms with Gasteiger partial charge in [-0.3, -0.25) is 0 Å². The van der Waals surface area contributed by atoms with Crippen LogP contribution in [0.15, 0.2) is 65.6 Å². The first-order chi connectivity index (χ1) is 12.5. The van der Waals surface area contributed by atoms with Crippen molar-refractivity contribution in [3.05, 3.63) is 71.2 Å². The van der Waals surface area contributed by atoms with Crippen LogP contribution in [0.1, 0.15) is 10.6 Å². The van der Waals surface area contributed by atoms with E-state index in [-0.39, 0.29) is 18.0 Å². The van der Waals surface area contributed by atoms with Gasteiger partial charge in [0.25, 0.3) is 0 Å². The zero-order valence-corrected chi connectivity index (χ0v) is 15.9. The lowest BCUT2D eigenvalue weighted by Crippen LogP contribution is -2.31. The van der Waals surface area contributed by atoms with Crippen molar-refractivity contribution in [1.29, 1.82) is 0 Å². The highest BCUT2D eigenvalue weighted by molar-refractivity contribution is 7.89. The molecule has 1 aromatic heterocycles. The minimum Gasteiger partial charge on any atom is -0.241 e. The number of aryl methyl sites for hydroxylation is 1. The van der Waals surface area contributed by atoms with Crippen molar-refractivity contribution in [2.45, 2.75) is 18.4 Å². The van der Waals surface area contributed by atoms with Gasteiger partial charge < -0.3 is 0 Å². The molecule has 6 heteroatoms. The third-order valence-corrected chi connectivity index (χ3v) is 6.88. The summed E-state index contributed by atoms with van der Waals surface area (Å²) in [4.78, 5) is 5.72. The number of benzene rings is 2. The fraction of sp³-hybridized carbons (Fsp3) is 0.150. The van der Waals surface area contributed by atoms with Crippen molar-refractivity contribution < 1.29 is 8.42 Å². The van der Waals surface area contributed by atoms with E-state index in [9.17, 15) is 8.42 Å². The van der Waals surface area contributed by atoms with Crippen molar-refractivity contribution in [2.75, 3.05) is 6.54 Å². The van der Waals surface area contributed by atoms with E-state index in [0.29, 0.717) is 0 Å². The molecule has 0 saturated heterocycles. The molecule has 2 aromatic carbocycles. The minimum absolute atomic E-state index is 0.00916. The third-order valence-electron chi connectivity index (χ3n) is 3.88. The van der Waals surface area contributed by atoms with Crippen molar-refractivity contribution in [1.82, 2.24) is 9.29 Å². The van der Waals surface area contributed by atoms with Crippen LogP contribution in [0.2, 0.25) is 0 Å². The molecule has 0 radical (unpaired) electrons. The Morgan fingerprint density at radius 3 is 2.31 bits per heavy atom. The Labute approximate surface area is 158 Å². The molecular formula is C20H18N2O2S2. The Morgan fingerprint density at radius 2 is 1.69 bits per heavy atom. The van der Waals surface area contributed by atoms with Crippen molar-refractivity contribution in [3.8, 4) is 22.9 Å². The second-order valence-corrected chi connectivity index (χ2v) is 8.71. The Kier molecular flexibility index (Phi) is 5.52. The van der Waals surface area contributed by atoms with E-state index in [4.69, 9.17) is 6.42 Å². The lowest BCUT2D eigenvalue weighted by Gasteiger charge is -2.19. The molecular weight excluding hydrogens is 364 g/mol. The molecule has 26 heavy (non-hydrogen) atoms. The maximum Gasteiger partial charge on any atom is 0.244 e. The lowest BCUT2D eigenvalue weighted by atomic mass is 10.2. The van der Waals surface area contributed by atoms with E-state index in [0.717, 1.165) is 21.1 Å². The number of nitrogens with zero attached hydrogens (tertiary/aromatic N) is 2. The fourth-order valence-corrected chi connectivity index (χ4v) is 5.02. The number of thiazole rings is 1. The molecule has 3 aromatic rings. The predicted molar refractivity (Wildman–Crippen MR) is 105 cm³/mol. The zero-order valence-electron chi connectivity index (χ0n) is 14.3. The Hall–Kier alpha value is -2.46. The summed E-state index contributed by atoms with van der Waals surface area (Å²) >= 11 is 1.49. The first-order valence-corrected chi connectivity index (χ1v) is 10.3. The van der Waals surface area contributed by atoms with Gasteiger partial charge in [-0.2, -0.15) is 4.31 Å². The fourth-order valence-electron chi connectivity index (χ4n) is 2.51. The number of terminal acetylenes is 1. The van der Waals surface area contributed by atoms with Crippen LogP contribution < -0.4 is 0 Å². The van der Waals surface area contributed by atoms with Gasteiger partial charge in [-0.1, -0.05) is 54.5 Å². The summed E-state index contributed by atoms with van der Waals surface area (Å²) in [6.45, 7) is 2.11. The molecule has 1 heterocycles. The summed E-state index contributed by atoms with van der Waals surface area (Å²) in [7, 11) is -3.66. The monoisotopic (exact) mass is 382 g/mol. The second-order valence-electron chi connectivity index (χ2n) is 5.68. The molecule has 0 N–H and O–H groups in total. The van der Waals surface area contributed by atoms with Gasteiger partial charge in [-0.25, -0.2) is 13.4 Å². The van der Waals surface area contributed by atoms with E-state index in [1.54, 1.807) is 30.3 Å². The molecule has 0 fully saturated rings. The number of hydrogen-bond donors (Lipinski definition) is 0. The number of sulfonamides is 1. The summed E-state index contributed by atoms with van der Waals surface area (Å²) in [5.41, 5.74) is 1.83. The van der Waals surface area contributed by atoms with E-state index in [1.165, 1.54) is 15.6 Å². The smallest absolute Gasteiger partial charge is 0.241 e.